The number of rotatable bonds is 4. The van der Waals surface area contributed by atoms with Crippen LogP contribution in [0.3, 0.4) is 0 Å². The zero-order valence-electron chi connectivity index (χ0n) is 11.5. The summed E-state index contributed by atoms with van der Waals surface area (Å²) < 4.78 is 5.24. The first-order valence-electron chi connectivity index (χ1n) is 6.16. The molecule has 0 unspecified atom stereocenters. The van der Waals surface area contributed by atoms with E-state index in [1.54, 1.807) is 20.8 Å². The fourth-order valence-corrected chi connectivity index (χ4v) is 1.53. The number of carbonyl (C=O) groups excluding carboxylic acids is 1. The van der Waals surface area contributed by atoms with Crippen LogP contribution in [0.15, 0.2) is 30.3 Å². The van der Waals surface area contributed by atoms with Gasteiger partial charge in [0.05, 0.1) is 6.54 Å². The summed E-state index contributed by atoms with van der Waals surface area (Å²) in [5.74, 6) is 0. The second-order valence-electron chi connectivity index (χ2n) is 5.33. The summed E-state index contributed by atoms with van der Waals surface area (Å²) in [5.41, 5.74) is 0.279. The zero-order valence-corrected chi connectivity index (χ0v) is 11.5. The third-order valence-corrected chi connectivity index (χ3v) is 2.25. The van der Waals surface area contributed by atoms with Crippen LogP contribution in [0.2, 0.25) is 0 Å². The van der Waals surface area contributed by atoms with Gasteiger partial charge in [-0.3, -0.25) is 4.90 Å². The number of hydrogen-bond donors (Lipinski definition) is 2. The molecular weight excluding hydrogens is 246 g/mol. The lowest BCUT2D eigenvalue weighted by Crippen LogP contribution is -2.40. The molecule has 19 heavy (non-hydrogen) atoms. The number of nitrogens with zero attached hydrogens (tertiary/aromatic N) is 1. The summed E-state index contributed by atoms with van der Waals surface area (Å²) in [6.45, 7) is 5.38. The van der Waals surface area contributed by atoms with Crippen molar-refractivity contribution in [2.75, 3.05) is 6.54 Å². The Morgan fingerprint density at radius 3 is 2.32 bits per heavy atom. The minimum atomic E-state index is -1.59. The van der Waals surface area contributed by atoms with Gasteiger partial charge in [-0.25, -0.2) is 4.79 Å². The average molecular weight is 267 g/mol. The largest absolute Gasteiger partial charge is 0.444 e. The van der Waals surface area contributed by atoms with E-state index in [1.807, 2.05) is 30.3 Å². The maximum absolute atomic E-state index is 12.0. The quantitative estimate of drug-likeness (QED) is 0.815. The van der Waals surface area contributed by atoms with Crippen molar-refractivity contribution in [3.05, 3.63) is 35.9 Å². The Morgan fingerprint density at radius 2 is 1.84 bits per heavy atom. The summed E-state index contributed by atoms with van der Waals surface area (Å²) in [5, 5.41) is 18.1. The van der Waals surface area contributed by atoms with Gasteiger partial charge in [0, 0.05) is 6.54 Å². The molecule has 2 N–H and O–H groups in total. The van der Waals surface area contributed by atoms with E-state index >= 15 is 0 Å². The second-order valence-corrected chi connectivity index (χ2v) is 5.33. The van der Waals surface area contributed by atoms with Crippen LogP contribution in [0, 0.1) is 0 Å². The van der Waals surface area contributed by atoms with Gasteiger partial charge in [0.15, 0.2) is 6.29 Å². The number of aliphatic hydroxyl groups is 2. The normalized spacial score (nSPS) is 11.5. The average Bonchev–Trinajstić information content (AvgIpc) is 2.26. The van der Waals surface area contributed by atoms with Gasteiger partial charge in [-0.15, -0.1) is 0 Å². The molecule has 0 radical (unpaired) electrons. The first-order valence-corrected chi connectivity index (χ1v) is 6.16. The third kappa shape index (κ3) is 6.22. The summed E-state index contributed by atoms with van der Waals surface area (Å²) in [6.07, 6.45) is -2.15. The Balaban J connectivity index is 2.74. The summed E-state index contributed by atoms with van der Waals surface area (Å²) in [7, 11) is 0. The Hall–Kier alpha value is -1.59. The molecule has 0 spiro atoms. The first-order chi connectivity index (χ1) is 8.78. The van der Waals surface area contributed by atoms with Gasteiger partial charge in [0.2, 0.25) is 0 Å². The summed E-state index contributed by atoms with van der Waals surface area (Å²) in [6, 6.07) is 9.32. The summed E-state index contributed by atoms with van der Waals surface area (Å²) >= 11 is 0. The van der Waals surface area contributed by atoms with Crippen LogP contribution in [0.5, 0.6) is 0 Å². The third-order valence-electron chi connectivity index (χ3n) is 2.25. The lowest BCUT2D eigenvalue weighted by Gasteiger charge is -2.28. The predicted octanol–water partition coefficient (Wildman–Crippen LogP) is 1.73. The Labute approximate surface area is 113 Å². The Bertz CT molecular complexity index is 398. The molecule has 0 atom stereocenters. The van der Waals surface area contributed by atoms with E-state index in [0.717, 1.165) is 5.56 Å². The van der Waals surface area contributed by atoms with Crippen molar-refractivity contribution in [3.8, 4) is 0 Å². The van der Waals surface area contributed by atoms with Crippen molar-refractivity contribution in [1.29, 1.82) is 0 Å². The standard InChI is InChI=1S/C14H21NO4/c1-14(2,3)19-13(18)15(10-12(16)17)9-11-7-5-4-6-8-11/h4-8,12,16-17H,9-10H2,1-3H3. The number of hydrogen-bond acceptors (Lipinski definition) is 4. The van der Waals surface area contributed by atoms with Crippen LogP contribution in [-0.2, 0) is 11.3 Å². The number of ether oxygens (including phenoxy) is 1. The molecule has 106 valence electrons. The van der Waals surface area contributed by atoms with Crippen LogP contribution in [0.4, 0.5) is 4.79 Å². The van der Waals surface area contributed by atoms with Crippen LogP contribution >= 0.6 is 0 Å². The molecule has 1 rings (SSSR count). The molecule has 5 nitrogen and oxygen atoms in total. The van der Waals surface area contributed by atoms with Crippen LogP contribution < -0.4 is 0 Å². The van der Waals surface area contributed by atoms with Gasteiger partial charge >= 0.3 is 6.09 Å². The van der Waals surface area contributed by atoms with E-state index in [9.17, 15) is 4.79 Å². The number of aliphatic hydroxyl groups excluding tert-OH is 1. The van der Waals surface area contributed by atoms with Crippen LogP contribution in [0.25, 0.3) is 0 Å². The molecule has 1 aromatic rings. The van der Waals surface area contributed by atoms with Gasteiger partial charge in [-0.1, -0.05) is 30.3 Å². The molecule has 5 heteroatoms. The fourth-order valence-electron chi connectivity index (χ4n) is 1.53. The smallest absolute Gasteiger partial charge is 0.410 e. The lowest BCUT2D eigenvalue weighted by molar-refractivity contribution is -0.0663. The van der Waals surface area contributed by atoms with E-state index < -0.39 is 18.0 Å². The minimum absolute atomic E-state index is 0.191. The van der Waals surface area contributed by atoms with E-state index in [0.29, 0.717) is 0 Å². The molecule has 0 fully saturated rings. The van der Waals surface area contributed by atoms with E-state index in [2.05, 4.69) is 0 Å². The van der Waals surface area contributed by atoms with Crippen molar-refractivity contribution in [2.24, 2.45) is 0 Å². The number of carbonyl (C=O) groups is 1. The molecule has 0 saturated heterocycles. The molecule has 1 aromatic carbocycles. The highest BCUT2D eigenvalue weighted by Gasteiger charge is 2.23. The van der Waals surface area contributed by atoms with Crippen molar-refractivity contribution in [2.45, 2.75) is 39.2 Å². The van der Waals surface area contributed by atoms with Crippen molar-refractivity contribution in [3.63, 3.8) is 0 Å². The highest BCUT2D eigenvalue weighted by molar-refractivity contribution is 5.68. The number of amides is 1. The molecule has 0 aliphatic heterocycles. The van der Waals surface area contributed by atoms with Gasteiger partial charge in [0.25, 0.3) is 0 Å². The zero-order chi connectivity index (χ0) is 14.5. The predicted molar refractivity (Wildman–Crippen MR) is 71.3 cm³/mol. The molecular formula is C14H21NO4. The SMILES string of the molecule is CC(C)(C)OC(=O)N(Cc1ccccc1)CC(O)O. The van der Waals surface area contributed by atoms with Gasteiger partial charge in [-0.2, -0.15) is 0 Å². The van der Waals surface area contributed by atoms with E-state index in [4.69, 9.17) is 14.9 Å². The van der Waals surface area contributed by atoms with Crippen molar-refractivity contribution >= 4 is 6.09 Å². The van der Waals surface area contributed by atoms with E-state index in [1.165, 1.54) is 4.90 Å². The topological polar surface area (TPSA) is 70.0 Å². The van der Waals surface area contributed by atoms with Crippen molar-refractivity contribution < 1.29 is 19.7 Å². The van der Waals surface area contributed by atoms with Gasteiger partial charge in [-0.05, 0) is 26.3 Å². The molecule has 0 aromatic heterocycles. The maximum atomic E-state index is 12.0. The highest BCUT2D eigenvalue weighted by atomic mass is 16.6. The number of benzene rings is 1. The van der Waals surface area contributed by atoms with Gasteiger partial charge < -0.3 is 14.9 Å². The minimum Gasteiger partial charge on any atom is -0.444 e. The maximum Gasteiger partial charge on any atom is 0.410 e. The monoisotopic (exact) mass is 267 g/mol. The fraction of sp³-hybridized carbons (Fsp3) is 0.500. The van der Waals surface area contributed by atoms with Gasteiger partial charge in [0.1, 0.15) is 5.60 Å². The second kappa shape index (κ2) is 6.54. The first kappa shape index (κ1) is 15.5. The van der Waals surface area contributed by atoms with Crippen molar-refractivity contribution in [1.82, 2.24) is 4.90 Å². The molecule has 1 amide bonds. The van der Waals surface area contributed by atoms with Crippen LogP contribution in [0.1, 0.15) is 26.3 Å². The van der Waals surface area contributed by atoms with Crippen LogP contribution in [-0.4, -0.2) is 39.6 Å². The molecule has 0 aliphatic rings. The van der Waals surface area contributed by atoms with E-state index in [-0.39, 0.29) is 13.1 Å². The summed E-state index contributed by atoms with van der Waals surface area (Å²) in [4.78, 5) is 13.2. The molecule has 0 aliphatic carbocycles. The highest BCUT2D eigenvalue weighted by Crippen LogP contribution is 2.13. The molecule has 0 saturated carbocycles. The Kier molecular flexibility index (Phi) is 5.32. The Morgan fingerprint density at radius 1 is 1.26 bits per heavy atom. The molecule has 0 heterocycles. The lowest BCUT2D eigenvalue weighted by atomic mass is 10.2. The molecule has 0 bridgehead atoms.